The molecule has 65 heavy (non-hydrogen) atoms. The van der Waals surface area contributed by atoms with Crippen LogP contribution in [-0.4, -0.2) is 73.6 Å². The number of nitrogens with zero attached hydrogens (tertiary/aromatic N) is 8. The van der Waals surface area contributed by atoms with Crippen LogP contribution in [0.15, 0.2) is 85.5 Å². The average Bonchev–Trinajstić information content (AvgIpc) is 3.86. The summed E-state index contributed by atoms with van der Waals surface area (Å²) in [6.07, 6.45) is 7.75. The summed E-state index contributed by atoms with van der Waals surface area (Å²) in [4.78, 5) is 47.3. The molecule has 1 amide bonds. The molecule has 11 rings (SSSR count). The molecule has 1 saturated heterocycles. The maximum atomic E-state index is 15.5. The van der Waals surface area contributed by atoms with E-state index in [4.69, 9.17) is 14.4 Å². The SMILES string of the molecule is Cc1cc(-n2nc3c(c2-n2ccn(-c4ccc5c(c4)C[S@@](C)(=O)=N5)c2=O)[C@H](C)N(C(=O)c2cc4cc([C@H]5CCOC(C)(C)C5)ccc4n2[C@@]2(c4noc(=O)[nH]4)C[C@@H]2C)CC3)cc(C)c1F. The van der Waals surface area contributed by atoms with Gasteiger partial charge in [-0.05, 0) is 137 Å². The van der Waals surface area contributed by atoms with Crippen molar-refractivity contribution in [1.82, 2.24) is 38.5 Å². The molecule has 1 N–H and O–H groups in total. The van der Waals surface area contributed by atoms with Crippen molar-refractivity contribution in [2.45, 2.75) is 96.1 Å². The van der Waals surface area contributed by atoms with Crippen LogP contribution < -0.4 is 11.4 Å². The fourth-order valence-corrected chi connectivity index (χ4v) is 12.4. The molecule has 0 bridgehead atoms. The average molecular weight is 900 g/mol. The van der Waals surface area contributed by atoms with Crippen LogP contribution in [0, 0.1) is 25.6 Å². The van der Waals surface area contributed by atoms with Gasteiger partial charge in [-0.3, -0.25) is 23.4 Å². The number of hydrogen-bond acceptors (Lipinski definition) is 9. The number of fused-ring (bicyclic) bond motifs is 3. The Morgan fingerprint density at radius 3 is 2.43 bits per heavy atom. The number of amides is 1. The minimum Gasteiger partial charge on any atom is -0.376 e. The molecular weight excluding hydrogens is 850 g/mol. The van der Waals surface area contributed by atoms with E-state index in [9.17, 15) is 13.8 Å². The van der Waals surface area contributed by atoms with E-state index in [-0.39, 0.29) is 34.9 Å². The highest BCUT2D eigenvalue weighted by atomic mass is 32.2. The number of nitrogens with one attached hydrogen (secondary N) is 1. The molecule has 4 aromatic heterocycles. The van der Waals surface area contributed by atoms with E-state index in [1.165, 1.54) is 14.7 Å². The van der Waals surface area contributed by atoms with Gasteiger partial charge in [-0.2, -0.15) is 9.46 Å². The number of benzene rings is 3. The van der Waals surface area contributed by atoms with Gasteiger partial charge in [-0.1, -0.05) is 18.1 Å². The molecule has 15 nitrogen and oxygen atoms in total. The van der Waals surface area contributed by atoms with Gasteiger partial charge in [0, 0.05) is 54.7 Å². The Morgan fingerprint density at radius 1 is 0.969 bits per heavy atom. The van der Waals surface area contributed by atoms with Crippen molar-refractivity contribution in [3.63, 3.8) is 0 Å². The predicted molar refractivity (Wildman–Crippen MR) is 243 cm³/mol. The third-order valence-electron chi connectivity index (χ3n) is 14.2. The number of halogens is 1. The van der Waals surface area contributed by atoms with E-state index in [2.05, 4.69) is 53.5 Å². The largest absolute Gasteiger partial charge is 0.438 e. The summed E-state index contributed by atoms with van der Waals surface area (Å²) in [5.41, 5.74) is 5.85. The fourth-order valence-electron chi connectivity index (χ4n) is 10.9. The Bertz CT molecular complexity index is 3390. The smallest absolute Gasteiger partial charge is 0.376 e. The summed E-state index contributed by atoms with van der Waals surface area (Å²) in [7, 11) is -2.40. The molecule has 0 unspecified atom stereocenters. The number of ether oxygens (including phenoxy) is 1. The molecule has 0 spiro atoms. The number of imidazole rings is 1. The van der Waals surface area contributed by atoms with Crippen LogP contribution in [0.3, 0.4) is 0 Å². The highest BCUT2D eigenvalue weighted by molar-refractivity contribution is 7.92. The topological polar surface area (TPSA) is 168 Å². The Balaban J connectivity index is 1.05. The number of hydrogen-bond donors (Lipinski definition) is 1. The van der Waals surface area contributed by atoms with Gasteiger partial charge in [0.2, 0.25) is 0 Å². The van der Waals surface area contributed by atoms with E-state index < -0.39 is 27.1 Å². The van der Waals surface area contributed by atoms with Gasteiger partial charge < -0.3 is 14.2 Å². The van der Waals surface area contributed by atoms with Gasteiger partial charge in [0.15, 0.2) is 5.82 Å². The molecule has 4 aliphatic rings. The fraction of sp³-hybridized carbons (Fsp3) is 0.396. The standard InChI is InChI=1S/C48H50FN9O6S/c1-26-18-35(19-27(2)41(26)49)58-42(56-16-15-55(46(56)61)34-9-10-36-33(21-34)25-65(7,62)53-36)40-29(4)54(14-12-37(40)51-58)43(59)39-22-32-20-30(31-13-17-63-47(5,6)24-31)8-11-38(32)57(39)48(23-28(48)3)44-50-45(60)64-52-44/h8-11,15-16,18-22,28-29,31H,12-14,17,23-25H2,1-7H3,(H,50,52,60)/t28-,29-,31-,48-,65+/m0/s1. The van der Waals surface area contributed by atoms with Crippen LogP contribution in [-0.2, 0) is 32.2 Å². The lowest BCUT2D eigenvalue weighted by atomic mass is 9.83. The Morgan fingerprint density at radius 2 is 1.72 bits per heavy atom. The summed E-state index contributed by atoms with van der Waals surface area (Å²) in [6.45, 7) is 12.6. The van der Waals surface area contributed by atoms with Gasteiger partial charge in [0.1, 0.15) is 22.9 Å². The maximum Gasteiger partial charge on any atom is 0.438 e. The van der Waals surface area contributed by atoms with Crippen molar-refractivity contribution >= 4 is 32.2 Å². The number of H-pyrrole nitrogens is 1. The summed E-state index contributed by atoms with van der Waals surface area (Å²) < 4.78 is 50.3. The van der Waals surface area contributed by atoms with E-state index in [0.717, 1.165) is 29.3 Å². The Hall–Kier alpha value is -6.33. The van der Waals surface area contributed by atoms with Crippen molar-refractivity contribution < 1.29 is 22.7 Å². The molecular formula is C48H50FN9O6S. The number of carbonyl (C=O) groups is 1. The van der Waals surface area contributed by atoms with E-state index in [1.807, 2.05) is 28.5 Å². The molecule has 2 fully saturated rings. The maximum absolute atomic E-state index is 15.5. The lowest BCUT2D eigenvalue weighted by Gasteiger charge is -2.35. The van der Waals surface area contributed by atoms with Crippen molar-refractivity contribution in [3.05, 3.63) is 139 Å². The van der Waals surface area contributed by atoms with E-state index in [1.54, 1.807) is 61.4 Å². The van der Waals surface area contributed by atoms with E-state index in [0.29, 0.717) is 88.5 Å². The zero-order valence-electron chi connectivity index (χ0n) is 37.3. The lowest BCUT2D eigenvalue weighted by Crippen LogP contribution is -2.41. The summed E-state index contributed by atoms with van der Waals surface area (Å²) >= 11 is 0. The minimum atomic E-state index is -2.40. The normalized spacial score (nSPS) is 24.6. The van der Waals surface area contributed by atoms with Gasteiger partial charge >= 0.3 is 11.4 Å². The second-order valence-corrected chi connectivity index (χ2v) is 21.6. The first-order valence-electron chi connectivity index (χ1n) is 22.1. The zero-order valence-corrected chi connectivity index (χ0v) is 38.2. The number of aryl methyl sites for hydroxylation is 2. The molecule has 1 aliphatic carbocycles. The summed E-state index contributed by atoms with van der Waals surface area (Å²) in [5, 5.41) is 10.2. The highest BCUT2D eigenvalue weighted by Crippen LogP contribution is 2.56. The second kappa shape index (κ2) is 14.3. The van der Waals surface area contributed by atoms with Crippen LogP contribution >= 0.6 is 0 Å². The van der Waals surface area contributed by atoms with Crippen molar-refractivity contribution in [3.8, 4) is 17.2 Å². The molecule has 17 heteroatoms. The highest BCUT2D eigenvalue weighted by Gasteiger charge is 2.59. The molecule has 3 aromatic carbocycles. The Kier molecular flexibility index (Phi) is 9.13. The molecule has 3 aliphatic heterocycles. The molecule has 7 aromatic rings. The van der Waals surface area contributed by atoms with E-state index >= 15 is 9.18 Å². The van der Waals surface area contributed by atoms with Gasteiger partial charge in [-0.25, -0.2) is 22.9 Å². The first-order valence-corrected chi connectivity index (χ1v) is 24.2. The van der Waals surface area contributed by atoms with Crippen LogP contribution in [0.4, 0.5) is 10.1 Å². The molecule has 0 radical (unpaired) electrons. The number of aromatic nitrogens is 7. The monoisotopic (exact) mass is 899 g/mol. The Labute approximate surface area is 374 Å². The third-order valence-corrected chi connectivity index (χ3v) is 15.6. The molecule has 336 valence electrons. The number of rotatable bonds is 7. The number of carbonyl (C=O) groups excluding carboxylic acids is 1. The van der Waals surface area contributed by atoms with Crippen molar-refractivity contribution in [1.29, 1.82) is 0 Å². The summed E-state index contributed by atoms with van der Waals surface area (Å²) in [5.74, 6) is 0.169. The van der Waals surface area contributed by atoms with Gasteiger partial charge in [-0.15, -0.1) is 0 Å². The molecule has 7 heterocycles. The summed E-state index contributed by atoms with van der Waals surface area (Å²) in [6, 6.07) is 16.6. The minimum absolute atomic E-state index is 0.0151. The van der Waals surface area contributed by atoms with Crippen LogP contribution in [0.1, 0.15) is 109 Å². The third kappa shape index (κ3) is 6.51. The van der Waals surface area contributed by atoms with Crippen LogP contribution in [0.2, 0.25) is 0 Å². The molecule has 1 saturated carbocycles. The van der Waals surface area contributed by atoms with Gasteiger partial charge in [0.25, 0.3) is 5.91 Å². The van der Waals surface area contributed by atoms with Crippen molar-refractivity contribution in [2.24, 2.45) is 10.3 Å². The molecule has 5 atom stereocenters. The zero-order chi connectivity index (χ0) is 45.5. The second-order valence-electron chi connectivity index (χ2n) is 19.2. The van der Waals surface area contributed by atoms with Crippen molar-refractivity contribution in [2.75, 3.05) is 19.4 Å². The van der Waals surface area contributed by atoms with Crippen LogP contribution in [0.25, 0.3) is 28.1 Å². The quantitative estimate of drug-likeness (QED) is 0.170. The lowest BCUT2D eigenvalue weighted by molar-refractivity contribution is -0.0592. The van der Waals surface area contributed by atoms with Crippen LogP contribution in [0.5, 0.6) is 0 Å². The number of aromatic amines is 1. The first-order chi connectivity index (χ1) is 30.9. The van der Waals surface area contributed by atoms with Gasteiger partial charge in [0.05, 0.1) is 49.9 Å². The predicted octanol–water partition coefficient (Wildman–Crippen LogP) is 7.66. The first kappa shape index (κ1) is 41.4.